The van der Waals surface area contributed by atoms with E-state index in [2.05, 4.69) is 66.5 Å². The van der Waals surface area contributed by atoms with E-state index >= 15 is 0 Å². The van der Waals surface area contributed by atoms with Gasteiger partial charge in [0.1, 0.15) is 0 Å². The van der Waals surface area contributed by atoms with Crippen LogP contribution in [0.2, 0.25) is 0 Å². The van der Waals surface area contributed by atoms with Crippen LogP contribution in [0.25, 0.3) is 0 Å². The fourth-order valence-corrected chi connectivity index (χ4v) is 4.58. The second-order valence-corrected chi connectivity index (χ2v) is 7.18. The minimum absolute atomic E-state index is 0.599. The first kappa shape index (κ1) is 14.0. The summed E-state index contributed by atoms with van der Waals surface area (Å²) in [5, 5.41) is 0. The predicted octanol–water partition coefficient (Wildman–Crippen LogP) is 4.65. The average Bonchev–Trinajstić information content (AvgIpc) is 3.13. The number of nitrogens with zero attached hydrogens (tertiary/aromatic N) is 1. The van der Waals surface area contributed by atoms with Gasteiger partial charge in [-0.1, -0.05) is 54.6 Å². The Morgan fingerprint density at radius 3 is 2.41 bits per heavy atom. The molecule has 0 aromatic heterocycles. The van der Waals surface area contributed by atoms with E-state index < -0.39 is 0 Å². The first-order valence-corrected chi connectivity index (χ1v) is 8.63. The molecule has 114 valence electrons. The molecule has 1 saturated heterocycles. The molecule has 22 heavy (non-hydrogen) atoms. The number of benzene rings is 2. The highest BCUT2D eigenvalue weighted by atomic mass is 15.1. The molecule has 1 heteroatoms. The van der Waals surface area contributed by atoms with Crippen LogP contribution >= 0.6 is 0 Å². The van der Waals surface area contributed by atoms with Gasteiger partial charge in [0.05, 0.1) is 0 Å². The van der Waals surface area contributed by atoms with Crippen molar-refractivity contribution in [2.75, 3.05) is 20.1 Å². The van der Waals surface area contributed by atoms with E-state index in [9.17, 15) is 0 Å². The van der Waals surface area contributed by atoms with Crippen LogP contribution in [-0.4, -0.2) is 25.0 Å². The Bertz CT molecular complexity index is 633. The zero-order valence-corrected chi connectivity index (χ0v) is 13.4. The topological polar surface area (TPSA) is 3.24 Å². The van der Waals surface area contributed by atoms with Gasteiger partial charge in [0.15, 0.2) is 0 Å². The molecule has 0 saturated carbocycles. The summed E-state index contributed by atoms with van der Waals surface area (Å²) in [5.74, 6) is 2.23. The standard InChI is InChI=1S/C21H25N/c1-22-12-11-16(15-22)13-18-14-21(17-7-3-2-4-8-17)20-10-6-5-9-19(18)20/h2-10,16,18,21H,11-15H2,1H3/t16-,18+,21+/m0/s1. The summed E-state index contributed by atoms with van der Waals surface area (Å²) >= 11 is 0. The molecule has 1 aliphatic carbocycles. The third kappa shape index (κ3) is 2.59. The minimum Gasteiger partial charge on any atom is -0.306 e. The van der Waals surface area contributed by atoms with Crippen LogP contribution in [0.1, 0.15) is 47.8 Å². The molecule has 1 heterocycles. The van der Waals surface area contributed by atoms with E-state index in [0.29, 0.717) is 5.92 Å². The molecule has 0 radical (unpaired) electrons. The first-order chi connectivity index (χ1) is 10.8. The molecule has 1 nitrogen and oxygen atoms in total. The van der Waals surface area contributed by atoms with Gasteiger partial charge in [-0.3, -0.25) is 0 Å². The number of hydrogen-bond donors (Lipinski definition) is 0. The second kappa shape index (κ2) is 5.89. The summed E-state index contributed by atoms with van der Waals surface area (Å²) in [6, 6.07) is 20.2. The van der Waals surface area contributed by atoms with Crippen LogP contribution in [0.4, 0.5) is 0 Å². The highest BCUT2D eigenvalue weighted by Crippen LogP contribution is 2.48. The quantitative estimate of drug-likeness (QED) is 0.796. The molecule has 0 N–H and O–H groups in total. The maximum atomic E-state index is 2.49. The summed E-state index contributed by atoms with van der Waals surface area (Å²) in [6.07, 6.45) is 4.04. The lowest BCUT2D eigenvalue weighted by Gasteiger charge is -2.17. The molecule has 2 aromatic carbocycles. The van der Waals surface area contributed by atoms with E-state index in [1.807, 2.05) is 0 Å². The van der Waals surface area contributed by atoms with Crippen molar-refractivity contribution in [3.63, 3.8) is 0 Å². The number of rotatable bonds is 3. The van der Waals surface area contributed by atoms with Crippen molar-refractivity contribution in [1.29, 1.82) is 0 Å². The Hall–Kier alpha value is -1.60. The maximum Gasteiger partial charge on any atom is 0.00979 e. The molecular formula is C21H25N. The molecule has 0 unspecified atom stereocenters. The lowest BCUT2D eigenvalue weighted by molar-refractivity contribution is 0.374. The Labute approximate surface area is 134 Å². The smallest absolute Gasteiger partial charge is 0.00979 e. The molecule has 0 spiro atoms. The molecule has 2 aliphatic rings. The van der Waals surface area contributed by atoms with Crippen LogP contribution in [0, 0.1) is 5.92 Å². The van der Waals surface area contributed by atoms with Crippen molar-refractivity contribution >= 4 is 0 Å². The normalized spacial score (nSPS) is 28.0. The van der Waals surface area contributed by atoms with Gasteiger partial charge >= 0.3 is 0 Å². The zero-order valence-electron chi connectivity index (χ0n) is 13.4. The minimum atomic E-state index is 0.599. The van der Waals surface area contributed by atoms with E-state index in [1.54, 1.807) is 11.1 Å². The number of fused-ring (bicyclic) bond motifs is 1. The van der Waals surface area contributed by atoms with Gasteiger partial charge in [0.2, 0.25) is 0 Å². The molecule has 4 rings (SSSR count). The van der Waals surface area contributed by atoms with Crippen LogP contribution in [0.15, 0.2) is 54.6 Å². The van der Waals surface area contributed by atoms with E-state index in [4.69, 9.17) is 0 Å². The lowest BCUT2D eigenvalue weighted by Crippen LogP contribution is -2.15. The summed E-state index contributed by atoms with van der Waals surface area (Å²) < 4.78 is 0. The van der Waals surface area contributed by atoms with Crippen molar-refractivity contribution in [1.82, 2.24) is 4.90 Å². The van der Waals surface area contributed by atoms with Crippen molar-refractivity contribution in [2.45, 2.75) is 31.1 Å². The third-order valence-electron chi connectivity index (χ3n) is 5.64. The number of likely N-dealkylation sites (tertiary alicyclic amines) is 1. The molecule has 3 atom stereocenters. The Morgan fingerprint density at radius 1 is 0.955 bits per heavy atom. The molecule has 1 fully saturated rings. The van der Waals surface area contributed by atoms with Crippen LogP contribution < -0.4 is 0 Å². The third-order valence-corrected chi connectivity index (χ3v) is 5.64. The van der Waals surface area contributed by atoms with Gasteiger partial charge in [-0.05, 0) is 61.4 Å². The molecule has 0 bridgehead atoms. The van der Waals surface area contributed by atoms with Crippen molar-refractivity contribution in [3.8, 4) is 0 Å². The second-order valence-electron chi connectivity index (χ2n) is 7.18. The molecular weight excluding hydrogens is 266 g/mol. The largest absolute Gasteiger partial charge is 0.306 e. The maximum absolute atomic E-state index is 2.49. The molecule has 0 amide bonds. The summed E-state index contributed by atoms with van der Waals surface area (Å²) in [4.78, 5) is 2.49. The molecule has 2 aromatic rings. The van der Waals surface area contributed by atoms with E-state index in [1.165, 1.54) is 37.9 Å². The monoisotopic (exact) mass is 291 g/mol. The van der Waals surface area contributed by atoms with Gasteiger partial charge in [-0.15, -0.1) is 0 Å². The van der Waals surface area contributed by atoms with E-state index in [0.717, 1.165) is 11.8 Å². The van der Waals surface area contributed by atoms with Gasteiger partial charge < -0.3 is 4.90 Å². The Kier molecular flexibility index (Phi) is 3.75. The predicted molar refractivity (Wildman–Crippen MR) is 92.3 cm³/mol. The fourth-order valence-electron chi connectivity index (χ4n) is 4.58. The SMILES string of the molecule is CN1CC[C@@H](C[C@@H]2C[C@H](c3ccccc3)c3ccccc32)C1. The van der Waals surface area contributed by atoms with Crippen molar-refractivity contribution < 1.29 is 0 Å². The van der Waals surface area contributed by atoms with Gasteiger partial charge in [-0.2, -0.15) is 0 Å². The fraction of sp³-hybridized carbons (Fsp3) is 0.429. The lowest BCUT2D eigenvalue weighted by atomic mass is 9.88. The number of hydrogen-bond acceptors (Lipinski definition) is 1. The Balaban J connectivity index is 1.60. The summed E-state index contributed by atoms with van der Waals surface area (Å²) in [7, 11) is 2.26. The Morgan fingerprint density at radius 2 is 1.68 bits per heavy atom. The van der Waals surface area contributed by atoms with Crippen LogP contribution in [0.3, 0.4) is 0 Å². The van der Waals surface area contributed by atoms with Crippen LogP contribution in [0.5, 0.6) is 0 Å². The van der Waals surface area contributed by atoms with Gasteiger partial charge in [0.25, 0.3) is 0 Å². The first-order valence-electron chi connectivity index (χ1n) is 8.63. The van der Waals surface area contributed by atoms with Crippen molar-refractivity contribution in [3.05, 3.63) is 71.3 Å². The summed E-state index contributed by atoms with van der Waals surface area (Å²) in [5.41, 5.74) is 4.68. The van der Waals surface area contributed by atoms with Gasteiger partial charge in [0, 0.05) is 12.5 Å². The van der Waals surface area contributed by atoms with Gasteiger partial charge in [-0.25, -0.2) is 0 Å². The molecule has 1 aliphatic heterocycles. The highest BCUT2D eigenvalue weighted by Gasteiger charge is 2.34. The summed E-state index contributed by atoms with van der Waals surface area (Å²) in [6.45, 7) is 2.57. The average molecular weight is 291 g/mol. The zero-order chi connectivity index (χ0) is 14.9. The van der Waals surface area contributed by atoms with Crippen molar-refractivity contribution in [2.24, 2.45) is 5.92 Å². The van der Waals surface area contributed by atoms with E-state index in [-0.39, 0.29) is 0 Å². The van der Waals surface area contributed by atoms with Crippen LogP contribution in [-0.2, 0) is 0 Å². The highest BCUT2D eigenvalue weighted by molar-refractivity contribution is 5.44.